The number of nitrogens with zero attached hydrogens (tertiary/aromatic N) is 2. The zero-order valence-electron chi connectivity index (χ0n) is 15.4. The molecule has 1 N–H and O–H groups in total. The Kier molecular flexibility index (Phi) is 5.63. The van der Waals surface area contributed by atoms with Gasteiger partial charge in [0.05, 0.1) is 24.7 Å². The highest BCUT2D eigenvalue weighted by Gasteiger charge is 2.23. The Morgan fingerprint density at radius 3 is 3.00 bits per heavy atom. The van der Waals surface area contributed by atoms with Crippen molar-refractivity contribution >= 4 is 6.09 Å². The van der Waals surface area contributed by atoms with Crippen molar-refractivity contribution in [2.45, 2.75) is 39.0 Å². The lowest BCUT2D eigenvalue weighted by molar-refractivity contribution is -0.0318. The first kappa shape index (κ1) is 18.5. The third-order valence-corrected chi connectivity index (χ3v) is 3.80. The molecule has 26 heavy (non-hydrogen) atoms. The second kappa shape index (κ2) is 7.92. The first-order chi connectivity index (χ1) is 12.4. The number of aromatic nitrogens is 1. The van der Waals surface area contributed by atoms with Crippen LogP contribution in [0.25, 0.3) is 11.5 Å². The minimum atomic E-state index is -0.512. The number of furan rings is 1. The van der Waals surface area contributed by atoms with Crippen molar-refractivity contribution in [3.63, 3.8) is 0 Å². The van der Waals surface area contributed by atoms with Gasteiger partial charge >= 0.3 is 6.09 Å². The Balaban J connectivity index is 1.47. The number of hydrogen-bond acceptors (Lipinski definition) is 7. The number of carbonyl (C=O) groups is 1. The van der Waals surface area contributed by atoms with E-state index in [0.717, 1.165) is 12.2 Å². The van der Waals surface area contributed by atoms with Crippen LogP contribution < -0.4 is 5.32 Å². The van der Waals surface area contributed by atoms with Crippen LogP contribution in [0.1, 0.15) is 26.5 Å². The molecule has 0 radical (unpaired) electrons. The second-order valence-corrected chi connectivity index (χ2v) is 7.27. The molecule has 0 spiro atoms. The number of ether oxygens (including phenoxy) is 2. The van der Waals surface area contributed by atoms with E-state index >= 15 is 0 Å². The number of carbonyl (C=O) groups excluding carboxylic acids is 1. The van der Waals surface area contributed by atoms with Crippen molar-refractivity contribution in [2.75, 3.05) is 26.2 Å². The topological polar surface area (TPSA) is 90.0 Å². The van der Waals surface area contributed by atoms with Crippen LogP contribution in [-0.2, 0) is 16.0 Å². The molecule has 2 aromatic heterocycles. The molecule has 2 aromatic rings. The van der Waals surface area contributed by atoms with Crippen molar-refractivity contribution in [1.29, 1.82) is 0 Å². The van der Waals surface area contributed by atoms with Gasteiger partial charge in [-0.1, -0.05) is 5.16 Å². The van der Waals surface area contributed by atoms with Gasteiger partial charge in [-0.3, -0.25) is 4.90 Å². The largest absolute Gasteiger partial charge is 0.461 e. The maximum absolute atomic E-state index is 11.8. The lowest BCUT2D eigenvalue weighted by atomic mass is 10.2. The van der Waals surface area contributed by atoms with Gasteiger partial charge in [-0.05, 0) is 32.9 Å². The molecule has 0 saturated carbocycles. The van der Waals surface area contributed by atoms with Crippen LogP contribution in [0.4, 0.5) is 4.79 Å². The van der Waals surface area contributed by atoms with Crippen molar-refractivity contribution in [3.05, 3.63) is 30.2 Å². The average molecular weight is 363 g/mol. The van der Waals surface area contributed by atoms with Crippen molar-refractivity contribution in [3.8, 4) is 11.5 Å². The van der Waals surface area contributed by atoms with E-state index in [0.29, 0.717) is 37.8 Å². The minimum absolute atomic E-state index is 0.0901. The molecule has 3 rings (SSSR count). The van der Waals surface area contributed by atoms with Gasteiger partial charge in [-0.15, -0.1) is 0 Å². The smallest absolute Gasteiger partial charge is 0.407 e. The minimum Gasteiger partial charge on any atom is -0.461 e. The summed E-state index contributed by atoms with van der Waals surface area (Å²) < 4.78 is 21.6. The molecule has 3 heterocycles. The van der Waals surface area contributed by atoms with E-state index in [-0.39, 0.29) is 6.10 Å². The summed E-state index contributed by atoms with van der Waals surface area (Å²) in [5, 5.41) is 6.86. The van der Waals surface area contributed by atoms with Crippen LogP contribution >= 0.6 is 0 Å². The fourth-order valence-electron chi connectivity index (χ4n) is 2.71. The highest BCUT2D eigenvalue weighted by atomic mass is 16.6. The van der Waals surface area contributed by atoms with Gasteiger partial charge in [0, 0.05) is 32.2 Å². The average Bonchev–Trinajstić information content (AvgIpc) is 3.23. The van der Waals surface area contributed by atoms with Gasteiger partial charge in [-0.25, -0.2) is 4.79 Å². The predicted octanol–water partition coefficient (Wildman–Crippen LogP) is 2.66. The number of nitrogens with one attached hydrogen (secondary N) is 1. The Bertz CT molecular complexity index is 705. The van der Waals surface area contributed by atoms with Gasteiger partial charge in [-0.2, -0.15) is 0 Å². The fourth-order valence-corrected chi connectivity index (χ4v) is 2.71. The predicted molar refractivity (Wildman–Crippen MR) is 93.5 cm³/mol. The van der Waals surface area contributed by atoms with Crippen LogP contribution in [0, 0.1) is 0 Å². The number of hydrogen-bond donors (Lipinski definition) is 1. The highest BCUT2D eigenvalue weighted by Crippen LogP contribution is 2.21. The van der Waals surface area contributed by atoms with E-state index < -0.39 is 11.7 Å². The summed E-state index contributed by atoms with van der Waals surface area (Å²) in [4.78, 5) is 14.0. The van der Waals surface area contributed by atoms with Gasteiger partial charge in [0.2, 0.25) is 5.76 Å². The summed E-state index contributed by atoms with van der Waals surface area (Å²) >= 11 is 0. The summed E-state index contributed by atoms with van der Waals surface area (Å²) in [5.41, 5.74) is 0.319. The first-order valence-electron chi connectivity index (χ1n) is 8.69. The first-order valence-corrected chi connectivity index (χ1v) is 8.69. The maximum Gasteiger partial charge on any atom is 0.407 e. The molecular weight excluding hydrogens is 338 g/mol. The van der Waals surface area contributed by atoms with E-state index in [4.69, 9.17) is 18.4 Å². The summed E-state index contributed by atoms with van der Waals surface area (Å²) in [5.74, 6) is 1.27. The van der Waals surface area contributed by atoms with Crippen LogP contribution in [0.15, 0.2) is 33.4 Å². The Hall–Kier alpha value is -2.32. The number of amides is 1. The number of rotatable bonds is 5. The summed E-state index contributed by atoms with van der Waals surface area (Å²) in [6.07, 6.45) is 1.08. The summed E-state index contributed by atoms with van der Waals surface area (Å²) in [6, 6.07) is 5.52. The van der Waals surface area contributed by atoms with E-state index in [2.05, 4.69) is 15.4 Å². The van der Waals surface area contributed by atoms with Crippen LogP contribution in [0.5, 0.6) is 0 Å². The maximum atomic E-state index is 11.8. The van der Waals surface area contributed by atoms with Gasteiger partial charge in [0.15, 0.2) is 5.76 Å². The normalized spacial score (nSPS) is 18.7. The molecule has 0 aromatic carbocycles. The monoisotopic (exact) mass is 363 g/mol. The SMILES string of the molecule is CC(C)(C)OC(=O)NCC1CN(Cc2cc(-c3ccco3)on2)CCO1. The van der Waals surface area contributed by atoms with E-state index in [9.17, 15) is 4.79 Å². The molecule has 1 amide bonds. The zero-order chi connectivity index (χ0) is 18.6. The van der Waals surface area contributed by atoms with Crippen LogP contribution in [0.3, 0.4) is 0 Å². The van der Waals surface area contributed by atoms with Crippen LogP contribution in [-0.4, -0.2) is 54.1 Å². The molecule has 1 atom stereocenters. The van der Waals surface area contributed by atoms with Crippen molar-refractivity contribution in [1.82, 2.24) is 15.4 Å². The third kappa shape index (κ3) is 5.34. The summed E-state index contributed by atoms with van der Waals surface area (Å²) in [7, 11) is 0. The lowest BCUT2D eigenvalue weighted by Gasteiger charge is -2.32. The van der Waals surface area contributed by atoms with Crippen molar-refractivity contribution < 1.29 is 23.2 Å². The third-order valence-electron chi connectivity index (χ3n) is 3.80. The quantitative estimate of drug-likeness (QED) is 0.873. The van der Waals surface area contributed by atoms with E-state index in [1.165, 1.54) is 0 Å². The Morgan fingerprint density at radius 2 is 2.27 bits per heavy atom. The Labute approximate surface area is 152 Å². The molecule has 0 bridgehead atoms. The molecule has 1 aliphatic rings. The van der Waals surface area contributed by atoms with Gasteiger partial charge in [0.1, 0.15) is 5.60 Å². The van der Waals surface area contributed by atoms with E-state index in [1.54, 1.807) is 6.26 Å². The molecule has 1 unspecified atom stereocenters. The standard InChI is InChI=1S/C18H25N3O5/c1-18(2,3)25-17(22)19-10-14-12-21(6-8-23-14)11-13-9-16(26-20-13)15-5-4-7-24-15/h4-5,7,9,14H,6,8,10-12H2,1-3H3,(H,19,22). The van der Waals surface area contributed by atoms with Crippen molar-refractivity contribution in [2.24, 2.45) is 0 Å². The number of morpholine rings is 1. The molecular formula is C18H25N3O5. The number of alkyl carbamates (subject to hydrolysis) is 1. The lowest BCUT2D eigenvalue weighted by Crippen LogP contribution is -2.47. The molecule has 1 fully saturated rings. The van der Waals surface area contributed by atoms with Gasteiger partial charge < -0.3 is 23.7 Å². The molecule has 142 valence electrons. The van der Waals surface area contributed by atoms with Crippen LogP contribution in [0.2, 0.25) is 0 Å². The molecule has 0 aliphatic carbocycles. The fraction of sp³-hybridized carbons (Fsp3) is 0.556. The zero-order valence-corrected chi connectivity index (χ0v) is 15.4. The Morgan fingerprint density at radius 1 is 1.42 bits per heavy atom. The van der Waals surface area contributed by atoms with Gasteiger partial charge in [0.25, 0.3) is 0 Å². The molecule has 1 saturated heterocycles. The summed E-state index contributed by atoms with van der Waals surface area (Å²) in [6.45, 7) is 8.65. The highest BCUT2D eigenvalue weighted by molar-refractivity contribution is 5.67. The molecule has 8 heteroatoms. The van der Waals surface area contributed by atoms with E-state index in [1.807, 2.05) is 39.0 Å². The molecule has 8 nitrogen and oxygen atoms in total. The second-order valence-electron chi connectivity index (χ2n) is 7.27. The molecule has 1 aliphatic heterocycles.